The molecule has 1 aliphatic rings. The fourth-order valence-electron chi connectivity index (χ4n) is 1.66. The maximum atomic E-state index is 9.10. The number of nitrogens with zero attached hydrogens (tertiary/aromatic N) is 2. The molecule has 0 spiro atoms. The van der Waals surface area contributed by atoms with Crippen molar-refractivity contribution < 1.29 is 5.21 Å². The number of amidine groups is 1. The molecule has 1 N–H and O–H groups in total. The fourth-order valence-corrected chi connectivity index (χ4v) is 2.23. The van der Waals surface area contributed by atoms with E-state index < -0.39 is 0 Å². The summed E-state index contributed by atoms with van der Waals surface area (Å²) < 4.78 is 0. The Hall–Kier alpha value is -0.930. The zero-order chi connectivity index (χ0) is 11.9. The monoisotopic (exact) mass is 258 g/mol. The van der Waals surface area contributed by atoms with Gasteiger partial charge in [-0.1, -0.05) is 34.4 Å². The molecule has 0 radical (unpaired) electrons. The van der Waals surface area contributed by atoms with E-state index in [2.05, 4.69) is 19.0 Å². The first-order chi connectivity index (χ1) is 7.47. The third-order valence-electron chi connectivity index (χ3n) is 2.71. The Balaban J connectivity index is 2.44. The molecule has 0 saturated carbocycles. The lowest BCUT2D eigenvalue weighted by molar-refractivity contribution is 0.312. The summed E-state index contributed by atoms with van der Waals surface area (Å²) in [5.74, 6) is 0.431. The highest BCUT2D eigenvalue weighted by molar-refractivity contribution is 6.40. The van der Waals surface area contributed by atoms with E-state index in [0.29, 0.717) is 21.4 Å². The van der Waals surface area contributed by atoms with E-state index in [9.17, 15) is 0 Å². The van der Waals surface area contributed by atoms with Gasteiger partial charge in [0, 0.05) is 6.54 Å². The van der Waals surface area contributed by atoms with E-state index >= 15 is 0 Å². The second-order valence-corrected chi connectivity index (χ2v) is 5.23. The Labute approximate surface area is 104 Å². The van der Waals surface area contributed by atoms with Gasteiger partial charge in [-0.3, -0.25) is 0 Å². The van der Waals surface area contributed by atoms with Crippen LogP contribution < -0.4 is 0 Å². The molecule has 1 aliphatic heterocycles. The highest BCUT2D eigenvalue weighted by atomic mass is 35.5. The smallest absolute Gasteiger partial charge is 0.178 e. The van der Waals surface area contributed by atoms with E-state index in [0.717, 1.165) is 6.54 Å². The average molecular weight is 259 g/mol. The Morgan fingerprint density at radius 1 is 1.38 bits per heavy atom. The van der Waals surface area contributed by atoms with Crippen LogP contribution >= 0.6 is 23.2 Å². The van der Waals surface area contributed by atoms with Crippen LogP contribution in [0, 0.1) is 0 Å². The molecular weight excluding hydrogens is 247 g/mol. The normalized spacial score (nSPS) is 18.8. The van der Waals surface area contributed by atoms with Gasteiger partial charge in [0.1, 0.15) is 0 Å². The van der Waals surface area contributed by atoms with Crippen molar-refractivity contribution in [2.24, 2.45) is 5.16 Å². The first-order valence-electron chi connectivity index (χ1n) is 4.91. The summed E-state index contributed by atoms with van der Waals surface area (Å²) in [6.45, 7) is 4.94. The lowest BCUT2D eigenvalue weighted by Gasteiger charge is -2.13. The van der Waals surface area contributed by atoms with Gasteiger partial charge >= 0.3 is 0 Å². The number of oxime groups is 1. The maximum Gasteiger partial charge on any atom is 0.178 e. The van der Waals surface area contributed by atoms with Crippen molar-refractivity contribution in [1.82, 2.24) is 4.90 Å². The second-order valence-electron chi connectivity index (χ2n) is 4.42. The van der Waals surface area contributed by atoms with Gasteiger partial charge in [-0.05, 0) is 26.0 Å². The van der Waals surface area contributed by atoms with Crippen LogP contribution in [0.2, 0.25) is 10.0 Å². The highest BCUT2D eigenvalue weighted by Crippen LogP contribution is 2.36. The molecule has 1 fully saturated rings. The standard InChI is InChI=1S/C11H12Cl2N2O/c1-11(2)6-15(11)10(14-16)9-7(12)4-3-5-8(9)13/h3-5,16H,6H2,1-2H3/b14-10-. The molecule has 0 bridgehead atoms. The summed E-state index contributed by atoms with van der Waals surface area (Å²) in [6, 6.07) is 5.21. The van der Waals surface area contributed by atoms with E-state index in [1.54, 1.807) is 18.2 Å². The van der Waals surface area contributed by atoms with Gasteiger partial charge in [0.2, 0.25) is 0 Å². The highest BCUT2D eigenvalue weighted by Gasteiger charge is 2.46. The first-order valence-corrected chi connectivity index (χ1v) is 5.67. The molecule has 0 atom stereocenters. The predicted octanol–water partition coefficient (Wildman–Crippen LogP) is 3.22. The molecule has 1 aromatic rings. The Kier molecular flexibility index (Phi) is 2.76. The van der Waals surface area contributed by atoms with E-state index in [-0.39, 0.29) is 5.54 Å². The molecule has 0 aliphatic carbocycles. The van der Waals surface area contributed by atoms with Crippen molar-refractivity contribution in [2.75, 3.05) is 6.54 Å². The summed E-state index contributed by atoms with van der Waals surface area (Å²) in [7, 11) is 0. The van der Waals surface area contributed by atoms with Gasteiger partial charge in [-0.25, -0.2) is 0 Å². The van der Waals surface area contributed by atoms with Gasteiger partial charge < -0.3 is 10.1 Å². The zero-order valence-corrected chi connectivity index (χ0v) is 10.5. The van der Waals surface area contributed by atoms with E-state index in [1.165, 1.54) is 0 Å². The minimum Gasteiger partial charge on any atom is -0.409 e. The third-order valence-corrected chi connectivity index (χ3v) is 3.34. The van der Waals surface area contributed by atoms with Crippen molar-refractivity contribution in [3.8, 4) is 0 Å². The van der Waals surface area contributed by atoms with Crippen LogP contribution in [0.15, 0.2) is 23.4 Å². The molecule has 0 amide bonds. The summed E-state index contributed by atoms with van der Waals surface area (Å²) in [5, 5.41) is 13.4. The third kappa shape index (κ3) is 1.85. The lowest BCUT2D eigenvalue weighted by Crippen LogP contribution is -2.20. The molecule has 1 aromatic carbocycles. The number of hydrogen-bond donors (Lipinski definition) is 1. The Bertz CT molecular complexity index is 437. The summed E-state index contributed by atoms with van der Waals surface area (Å²) in [6.07, 6.45) is 0. The van der Waals surface area contributed by atoms with Crippen molar-refractivity contribution in [2.45, 2.75) is 19.4 Å². The zero-order valence-electron chi connectivity index (χ0n) is 9.04. The van der Waals surface area contributed by atoms with E-state index in [1.807, 2.05) is 4.90 Å². The van der Waals surface area contributed by atoms with Gasteiger partial charge in [0.25, 0.3) is 0 Å². The van der Waals surface area contributed by atoms with Crippen molar-refractivity contribution >= 4 is 29.0 Å². The van der Waals surface area contributed by atoms with Gasteiger partial charge in [0.15, 0.2) is 5.84 Å². The summed E-state index contributed by atoms with van der Waals surface area (Å²) in [5.41, 5.74) is 0.586. The lowest BCUT2D eigenvalue weighted by atomic mass is 10.2. The molecule has 86 valence electrons. The van der Waals surface area contributed by atoms with Gasteiger partial charge in [0.05, 0.1) is 21.1 Å². The van der Waals surface area contributed by atoms with Crippen molar-refractivity contribution in [1.29, 1.82) is 0 Å². The van der Waals surface area contributed by atoms with E-state index in [4.69, 9.17) is 28.4 Å². The van der Waals surface area contributed by atoms with Crippen LogP contribution in [-0.2, 0) is 0 Å². The molecule has 0 unspecified atom stereocenters. The first kappa shape index (κ1) is 11.6. The molecular formula is C11H12Cl2N2O. The van der Waals surface area contributed by atoms with Gasteiger partial charge in [-0.15, -0.1) is 0 Å². The predicted molar refractivity (Wildman–Crippen MR) is 65.6 cm³/mol. The maximum absolute atomic E-state index is 9.10. The average Bonchev–Trinajstić information content (AvgIpc) is 2.81. The summed E-state index contributed by atoms with van der Waals surface area (Å²) in [4.78, 5) is 1.94. The summed E-state index contributed by atoms with van der Waals surface area (Å²) >= 11 is 12.1. The Morgan fingerprint density at radius 2 is 1.88 bits per heavy atom. The van der Waals surface area contributed by atoms with Crippen LogP contribution in [0.4, 0.5) is 0 Å². The number of benzene rings is 1. The van der Waals surface area contributed by atoms with Crippen LogP contribution in [-0.4, -0.2) is 28.0 Å². The van der Waals surface area contributed by atoms with Crippen LogP contribution in [0.3, 0.4) is 0 Å². The van der Waals surface area contributed by atoms with Crippen molar-refractivity contribution in [3.63, 3.8) is 0 Å². The minimum absolute atomic E-state index is 0.00403. The van der Waals surface area contributed by atoms with Crippen LogP contribution in [0.1, 0.15) is 19.4 Å². The number of hydrogen-bond acceptors (Lipinski definition) is 2. The minimum atomic E-state index is 0.00403. The number of halogens is 2. The topological polar surface area (TPSA) is 35.6 Å². The molecule has 3 nitrogen and oxygen atoms in total. The SMILES string of the molecule is CC1(C)CN1/C(=N\O)c1c(Cl)cccc1Cl. The molecule has 5 heteroatoms. The quantitative estimate of drug-likeness (QED) is 0.276. The molecule has 1 heterocycles. The molecule has 2 rings (SSSR count). The second kappa shape index (κ2) is 3.82. The number of rotatable bonds is 1. The largest absolute Gasteiger partial charge is 0.409 e. The van der Waals surface area contributed by atoms with Crippen LogP contribution in [0.5, 0.6) is 0 Å². The molecule has 0 aromatic heterocycles. The Morgan fingerprint density at radius 3 is 2.25 bits per heavy atom. The van der Waals surface area contributed by atoms with Crippen molar-refractivity contribution in [3.05, 3.63) is 33.8 Å². The molecule has 16 heavy (non-hydrogen) atoms. The fraction of sp³-hybridized carbons (Fsp3) is 0.364. The molecule has 1 saturated heterocycles. The van der Waals surface area contributed by atoms with Crippen LogP contribution in [0.25, 0.3) is 0 Å². The van der Waals surface area contributed by atoms with Gasteiger partial charge in [-0.2, -0.15) is 0 Å².